The fourth-order valence-corrected chi connectivity index (χ4v) is 1.22. The lowest BCUT2D eigenvalue weighted by Gasteiger charge is -2.08. The second-order valence-corrected chi connectivity index (χ2v) is 3.30. The number of benzene rings is 1. The lowest BCUT2D eigenvalue weighted by Crippen LogP contribution is -2.16. The summed E-state index contributed by atoms with van der Waals surface area (Å²) in [6.07, 6.45) is 0.397. The third-order valence-electron chi connectivity index (χ3n) is 2.01. The zero-order valence-corrected chi connectivity index (χ0v) is 9.66. The number of hydrogen-bond donors (Lipinski definition) is 2. The molecule has 0 bridgehead atoms. The normalized spacial score (nSPS) is 9.47. The summed E-state index contributed by atoms with van der Waals surface area (Å²) in [5.74, 6) is -1.33. The maximum atomic E-state index is 11.3. The summed E-state index contributed by atoms with van der Waals surface area (Å²) < 4.78 is 4.60. The van der Waals surface area contributed by atoms with Gasteiger partial charge in [-0.25, -0.2) is 9.59 Å². The number of rotatable bonds is 5. The zero-order valence-electron chi connectivity index (χ0n) is 9.66. The van der Waals surface area contributed by atoms with Crippen LogP contribution in [0.15, 0.2) is 30.9 Å². The molecule has 0 radical (unpaired) electrons. The van der Waals surface area contributed by atoms with Crippen LogP contribution in [-0.2, 0) is 4.74 Å². The largest absolute Gasteiger partial charge is 0.478 e. The highest BCUT2D eigenvalue weighted by Gasteiger charge is 2.17. The molecule has 0 aromatic heterocycles. The average molecular weight is 266 g/mol. The molecule has 0 aliphatic rings. The smallest absolute Gasteiger partial charge is 0.411 e. The molecule has 0 saturated heterocycles. The van der Waals surface area contributed by atoms with E-state index in [9.17, 15) is 19.7 Å². The van der Waals surface area contributed by atoms with Crippen molar-refractivity contribution in [3.8, 4) is 0 Å². The van der Waals surface area contributed by atoms with Crippen molar-refractivity contribution < 1.29 is 24.4 Å². The van der Waals surface area contributed by atoms with Crippen molar-refractivity contribution in [3.63, 3.8) is 0 Å². The first kappa shape index (κ1) is 14.2. The van der Waals surface area contributed by atoms with Crippen LogP contribution in [0.3, 0.4) is 0 Å². The van der Waals surface area contributed by atoms with Crippen LogP contribution in [0, 0.1) is 10.1 Å². The molecule has 8 heteroatoms. The van der Waals surface area contributed by atoms with Crippen molar-refractivity contribution in [2.75, 3.05) is 11.9 Å². The Morgan fingerprint density at radius 2 is 2.21 bits per heavy atom. The molecule has 1 aromatic rings. The van der Waals surface area contributed by atoms with Crippen LogP contribution in [0.1, 0.15) is 10.4 Å². The number of ether oxygens (including phenoxy) is 1. The molecule has 19 heavy (non-hydrogen) atoms. The maximum Gasteiger partial charge on any atom is 0.411 e. The third-order valence-corrected chi connectivity index (χ3v) is 2.01. The summed E-state index contributed by atoms with van der Waals surface area (Å²) in [7, 11) is 0. The summed E-state index contributed by atoms with van der Waals surface area (Å²) in [4.78, 5) is 32.1. The molecule has 2 N–H and O–H groups in total. The first-order valence-corrected chi connectivity index (χ1v) is 5.02. The SMILES string of the molecule is C=CCOC(=O)Nc1cc([N+](=O)[O-])ccc1C(=O)O. The van der Waals surface area contributed by atoms with E-state index in [1.807, 2.05) is 0 Å². The summed E-state index contributed by atoms with van der Waals surface area (Å²) in [6.45, 7) is 3.27. The number of carbonyl (C=O) groups excluding carboxylic acids is 1. The van der Waals surface area contributed by atoms with Crippen molar-refractivity contribution in [1.29, 1.82) is 0 Å². The fraction of sp³-hybridized carbons (Fsp3) is 0.0909. The average Bonchev–Trinajstić information content (AvgIpc) is 2.35. The molecule has 0 atom stereocenters. The van der Waals surface area contributed by atoms with Crippen LogP contribution < -0.4 is 5.32 Å². The lowest BCUT2D eigenvalue weighted by molar-refractivity contribution is -0.384. The first-order chi connectivity index (χ1) is 8.95. The minimum atomic E-state index is -1.33. The molecule has 0 fully saturated rings. The van der Waals surface area contributed by atoms with Gasteiger partial charge in [0.15, 0.2) is 0 Å². The lowest BCUT2D eigenvalue weighted by atomic mass is 10.1. The van der Waals surface area contributed by atoms with E-state index in [2.05, 4.69) is 16.6 Å². The molecule has 1 aromatic carbocycles. The highest BCUT2D eigenvalue weighted by molar-refractivity contribution is 5.99. The van der Waals surface area contributed by atoms with Gasteiger partial charge in [0.25, 0.3) is 5.69 Å². The van der Waals surface area contributed by atoms with Gasteiger partial charge in [-0.1, -0.05) is 12.7 Å². The second-order valence-electron chi connectivity index (χ2n) is 3.30. The minimum absolute atomic E-state index is 0.0663. The van der Waals surface area contributed by atoms with Crippen molar-refractivity contribution in [3.05, 3.63) is 46.5 Å². The molecule has 0 unspecified atom stereocenters. The number of carboxylic acids is 1. The number of carboxylic acid groups (broad SMARTS) is 1. The number of nitro groups is 1. The van der Waals surface area contributed by atoms with Gasteiger partial charge in [0.2, 0.25) is 0 Å². The van der Waals surface area contributed by atoms with Crippen molar-refractivity contribution in [1.82, 2.24) is 0 Å². The Morgan fingerprint density at radius 3 is 2.74 bits per heavy atom. The standard InChI is InChI=1S/C11H10N2O6/c1-2-5-19-11(16)12-9-6-7(13(17)18)3-4-8(9)10(14)15/h2-4,6H,1,5H2,(H,12,16)(H,14,15). The van der Waals surface area contributed by atoms with Gasteiger partial charge in [-0.15, -0.1) is 0 Å². The molecule has 1 rings (SSSR count). The summed E-state index contributed by atoms with van der Waals surface area (Å²) in [6, 6.07) is 3.01. The topological polar surface area (TPSA) is 119 Å². The molecular weight excluding hydrogens is 256 g/mol. The molecule has 100 valence electrons. The van der Waals surface area contributed by atoms with E-state index in [1.54, 1.807) is 0 Å². The minimum Gasteiger partial charge on any atom is -0.478 e. The Labute approximate surface area is 107 Å². The van der Waals surface area contributed by atoms with E-state index in [-0.39, 0.29) is 23.5 Å². The predicted octanol–water partition coefficient (Wildman–Crippen LogP) is 2.03. The Hall–Kier alpha value is -2.90. The van der Waals surface area contributed by atoms with E-state index in [0.29, 0.717) is 0 Å². The molecule has 0 heterocycles. The van der Waals surface area contributed by atoms with E-state index >= 15 is 0 Å². The second kappa shape index (κ2) is 6.15. The van der Waals surface area contributed by atoms with Crippen LogP contribution >= 0.6 is 0 Å². The number of anilines is 1. The number of nitro benzene ring substituents is 1. The number of non-ortho nitro benzene ring substituents is 1. The maximum absolute atomic E-state index is 11.3. The molecule has 0 aliphatic heterocycles. The van der Waals surface area contributed by atoms with E-state index in [1.165, 1.54) is 6.08 Å². The van der Waals surface area contributed by atoms with Gasteiger partial charge in [-0.2, -0.15) is 0 Å². The van der Waals surface area contributed by atoms with Crippen LogP contribution in [0.2, 0.25) is 0 Å². The van der Waals surface area contributed by atoms with Gasteiger partial charge in [0.05, 0.1) is 16.2 Å². The zero-order chi connectivity index (χ0) is 14.4. The van der Waals surface area contributed by atoms with Gasteiger partial charge in [-0.3, -0.25) is 15.4 Å². The number of nitrogens with one attached hydrogen (secondary N) is 1. The van der Waals surface area contributed by atoms with Crippen LogP contribution in [0.25, 0.3) is 0 Å². The Kier molecular flexibility index (Phi) is 4.58. The van der Waals surface area contributed by atoms with Gasteiger partial charge in [0.1, 0.15) is 6.61 Å². The predicted molar refractivity (Wildman–Crippen MR) is 65.2 cm³/mol. The van der Waals surface area contributed by atoms with E-state index in [4.69, 9.17) is 5.11 Å². The monoisotopic (exact) mass is 266 g/mol. The van der Waals surface area contributed by atoms with Crippen molar-refractivity contribution in [2.45, 2.75) is 0 Å². The van der Waals surface area contributed by atoms with Gasteiger partial charge in [-0.05, 0) is 6.07 Å². The molecule has 0 aliphatic carbocycles. The first-order valence-electron chi connectivity index (χ1n) is 5.02. The number of nitrogens with zero attached hydrogens (tertiary/aromatic N) is 1. The Balaban J connectivity index is 3.04. The van der Waals surface area contributed by atoms with Crippen LogP contribution in [-0.4, -0.2) is 28.7 Å². The summed E-state index contributed by atoms with van der Waals surface area (Å²) >= 11 is 0. The number of aromatic carboxylic acids is 1. The van der Waals surface area contributed by atoms with E-state index in [0.717, 1.165) is 18.2 Å². The van der Waals surface area contributed by atoms with Crippen LogP contribution in [0.5, 0.6) is 0 Å². The molecule has 8 nitrogen and oxygen atoms in total. The Morgan fingerprint density at radius 1 is 1.53 bits per heavy atom. The summed E-state index contributed by atoms with van der Waals surface area (Å²) in [5, 5.41) is 21.6. The number of amides is 1. The highest BCUT2D eigenvalue weighted by atomic mass is 16.6. The molecular formula is C11H10N2O6. The summed E-state index contributed by atoms with van der Waals surface area (Å²) in [5.41, 5.74) is -0.832. The third kappa shape index (κ3) is 3.80. The number of hydrogen-bond acceptors (Lipinski definition) is 5. The van der Waals surface area contributed by atoms with Crippen molar-refractivity contribution >= 4 is 23.4 Å². The van der Waals surface area contributed by atoms with E-state index < -0.39 is 17.0 Å². The molecule has 0 saturated carbocycles. The molecule has 0 spiro atoms. The molecule has 1 amide bonds. The quantitative estimate of drug-likeness (QED) is 0.478. The van der Waals surface area contributed by atoms with Gasteiger partial charge < -0.3 is 9.84 Å². The highest BCUT2D eigenvalue weighted by Crippen LogP contribution is 2.22. The fourth-order valence-electron chi connectivity index (χ4n) is 1.22. The van der Waals surface area contributed by atoms with Gasteiger partial charge >= 0.3 is 12.1 Å². The Bertz CT molecular complexity index is 540. The van der Waals surface area contributed by atoms with Gasteiger partial charge in [0, 0.05) is 12.1 Å². The van der Waals surface area contributed by atoms with Crippen molar-refractivity contribution in [2.24, 2.45) is 0 Å². The van der Waals surface area contributed by atoms with Crippen LogP contribution in [0.4, 0.5) is 16.2 Å². The number of carbonyl (C=O) groups is 2.